The van der Waals surface area contributed by atoms with Crippen molar-refractivity contribution in [2.45, 2.75) is 78.3 Å². The van der Waals surface area contributed by atoms with Crippen LogP contribution in [0, 0.1) is 13.8 Å². The topological polar surface area (TPSA) is 55.4 Å². The minimum Gasteiger partial charge on any atom is -0.427 e. The van der Waals surface area contributed by atoms with Gasteiger partial charge in [-0.25, -0.2) is 0 Å². The minimum absolute atomic E-state index is 0.0780. The smallest absolute Gasteiger partial charge is 0.311 e. The quantitative estimate of drug-likeness (QED) is 0.174. The summed E-state index contributed by atoms with van der Waals surface area (Å²) in [5.41, 5.74) is 4.30. The highest BCUT2D eigenvalue weighted by Gasteiger charge is 2.43. The average molecular weight is 478 g/mol. The molecule has 1 aliphatic rings. The van der Waals surface area contributed by atoms with Crippen molar-refractivity contribution in [1.82, 2.24) is 0 Å². The van der Waals surface area contributed by atoms with Crippen molar-refractivity contribution < 1.29 is 18.8 Å². The van der Waals surface area contributed by atoms with Crippen LogP contribution in [0.15, 0.2) is 55.1 Å². The molecule has 3 rings (SSSR count). The number of allylic oxidation sites excluding steroid dienone is 1. The Hall–Kier alpha value is -2.92. The predicted molar refractivity (Wildman–Crippen MR) is 142 cm³/mol. The molecule has 0 saturated carbocycles. The molecule has 2 unspecified atom stereocenters. The van der Waals surface area contributed by atoms with Gasteiger partial charge in [-0.15, -0.1) is 6.58 Å². The van der Waals surface area contributed by atoms with Gasteiger partial charge >= 0.3 is 5.97 Å². The fraction of sp³-hybridized carbons (Fsp3) is 0.467. The summed E-state index contributed by atoms with van der Waals surface area (Å²) in [7, 11) is 0. The third-order valence-electron chi connectivity index (χ3n) is 7.19. The Kier molecular flexibility index (Phi) is 9.67. The van der Waals surface area contributed by atoms with Gasteiger partial charge in [0, 0.05) is 24.1 Å². The van der Waals surface area contributed by atoms with E-state index in [9.17, 15) is 9.59 Å². The number of carbonyl (C=O) groups is 2. The zero-order chi connectivity index (χ0) is 25.3. The Morgan fingerprint density at radius 2 is 1.83 bits per heavy atom. The third kappa shape index (κ3) is 7.04. The molecule has 1 saturated heterocycles. The Labute approximate surface area is 210 Å². The average Bonchev–Trinajstić information content (AvgIpc) is 2.85. The molecule has 2 aromatic carbocycles. The summed E-state index contributed by atoms with van der Waals surface area (Å²) in [4.78, 5) is 25.7. The number of hydrogen-bond donors (Lipinski definition) is 1. The van der Waals surface area contributed by atoms with E-state index in [0.717, 1.165) is 73.0 Å². The van der Waals surface area contributed by atoms with Crippen LogP contribution in [0.5, 0.6) is 5.75 Å². The number of ether oxygens (including phenoxy) is 1. The van der Waals surface area contributed by atoms with E-state index in [2.05, 4.69) is 44.8 Å². The lowest BCUT2D eigenvalue weighted by Crippen LogP contribution is -2.62. The van der Waals surface area contributed by atoms with Crippen LogP contribution in [-0.2, 0) is 16.1 Å². The van der Waals surface area contributed by atoms with Crippen molar-refractivity contribution >= 4 is 17.6 Å². The first-order chi connectivity index (χ1) is 16.9. The number of quaternary nitrogens is 1. The van der Waals surface area contributed by atoms with Crippen LogP contribution in [0.2, 0.25) is 0 Å². The van der Waals surface area contributed by atoms with Gasteiger partial charge in [-0.3, -0.25) is 9.59 Å². The number of likely N-dealkylation sites (tertiary alicyclic amines) is 1. The SMILES string of the molecule is C=CCCC(=O)Oc1ccc(C[N+]2(CCCC)CCCCC2C(=O)Nc2c(C)cccc2C)cc1. The lowest BCUT2D eigenvalue weighted by Gasteiger charge is -2.47. The summed E-state index contributed by atoms with van der Waals surface area (Å²) in [5.74, 6) is 0.445. The first-order valence-electron chi connectivity index (χ1n) is 13.0. The van der Waals surface area contributed by atoms with E-state index in [1.807, 2.05) is 30.3 Å². The number of piperidine rings is 1. The number of esters is 1. The minimum atomic E-state index is -0.247. The maximum atomic E-state index is 13.7. The van der Waals surface area contributed by atoms with Crippen molar-refractivity contribution in [3.63, 3.8) is 0 Å². The van der Waals surface area contributed by atoms with E-state index in [0.29, 0.717) is 18.6 Å². The molecule has 1 N–H and O–H groups in total. The lowest BCUT2D eigenvalue weighted by atomic mass is 9.94. The van der Waals surface area contributed by atoms with Crippen LogP contribution in [0.3, 0.4) is 0 Å². The number of aryl methyl sites for hydroxylation is 2. The monoisotopic (exact) mass is 477 g/mol. The summed E-state index contributed by atoms with van der Waals surface area (Å²) >= 11 is 0. The van der Waals surface area contributed by atoms with E-state index in [1.165, 1.54) is 5.56 Å². The zero-order valence-corrected chi connectivity index (χ0v) is 21.6. The van der Waals surface area contributed by atoms with E-state index in [-0.39, 0.29) is 17.9 Å². The molecule has 2 atom stereocenters. The van der Waals surface area contributed by atoms with Crippen molar-refractivity contribution in [2.75, 3.05) is 18.4 Å². The molecule has 188 valence electrons. The lowest BCUT2D eigenvalue weighted by molar-refractivity contribution is -0.959. The number of para-hydroxylation sites is 1. The highest BCUT2D eigenvalue weighted by atomic mass is 16.5. The van der Waals surface area contributed by atoms with Gasteiger partial charge in [-0.1, -0.05) is 37.6 Å². The summed E-state index contributed by atoms with van der Waals surface area (Å²) in [6.07, 6.45) is 7.97. The van der Waals surface area contributed by atoms with Gasteiger partial charge in [0.05, 0.1) is 13.1 Å². The second kappa shape index (κ2) is 12.7. The number of carbonyl (C=O) groups excluding carboxylic acids is 2. The molecule has 5 heteroatoms. The van der Waals surface area contributed by atoms with Gasteiger partial charge in [0.15, 0.2) is 6.04 Å². The summed E-state index contributed by atoms with van der Waals surface area (Å²) in [6.45, 7) is 12.7. The van der Waals surface area contributed by atoms with Crippen molar-refractivity contribution in [3.05, 3.63) is 71.8 Å². The third-order valence-corrected chi connectivity index (χ3v) is 7.19. The van der Waals surface area contributed by atoms with E-state index >= 15 is 0 Å². The fourth-order valence-corrected chi connectivity index (χ4v) is 5.23. The van der Waals surface area contributed by atoms with E-state index in [4.69, 9.17) is 4.74 Å². The number of rotatable bonds is 11. The zero-order valence-electron chi connectivity index (χ0n) is 21.6. The molecular formula is C30H41N2O3+. The summed E-state index contributed by atoms with van der Waals surface area (Å²) in [6, 6.07) is 13.9. The molecular weight excluding hydrogens is 436 g/mol. The normalized spacial score (nSPS) is 19.7. The maximum absolute atomic E-state index is 13.7. The molecule has 0 radical (unpaired) electrons. The van der Waals surface area contributed by atoms with Crippen LogP contribution < -0.4 is 10.1 Å². The first kappa shape index (κ1) is 26.7. The van der Waals surface area contributed by atoms with E-state index < -0.39 is 0 Å². The number of unbranched alkanes of at least 4 members (excludes halogenated alkanes) is 1. The van der Waals surface area contributed by atoms with Crippen LogP contribution in [0.4, 0.5) is 5.69 Å². The molecule has 1 amide bonds. The largest absolute Gasteiger partial charge is 0.427 e. The molecule has 35 heavy (non-hydrogen) atoms. The maximum Gasteiger partial charge on any atom is 0.311 e. The number of benzene rings is 2. The number of amides is 1. The van der Waals surface area contributed by atoms with Crippen LogP contribution in [0.25, 0.3) is 0 Å². The highest BCUT2D eigenvalue weighted by Crippen LogP contribution is 2.32. The van der Waals surface area contributed by atoms with Crippen molar-refractivity contribution in [3.8, 4) is 5.75 Å². The molecule has 0 bridgehead atoms. The first-order valence-corrected chi connectivity index (χ1v) is 13.0. The van der Waals surface area contributed by atoms with Gasteiger partial charge in [-0.2, -0.15) is 0 Å². The summed E-state index contributed by atoms with van der Waals surface area (Å²) < 4.78 is 6.22. The van der Waals surface area contributed by atoms with Crippen LogP contribution >= 0.6 is 0 Å². The molecule has 1 heterocycles. The number of anilines is 1. The van der Waals surface area contributed by atoms with Gasteiger partial charge in [-0.05, 0) is 74.9 Å². The molecule has 0 spiro atoms. The standard InChI is InChI=1S/C30H40N2O3/c1-5-7-15-28(33)35-26-18-16-25(17-19-26)22-32(20-8-6-2)21-10-9-14-27(32)30(34)31-29-23(3)12-11-13-24(29)4/h5,11-13,16-19,27H,1,6-10,14-15,20-22H2,2-4H3/p+1. The molecule has 2 aromatic rings. The molecule has 0 aromatic heterocycles. The Morgan fingerprint density at radius 1 is 1.11 bits per heavy atom. The highest BCUT2D eigenvalue weighted by molar-refractivity contribution is 5.95. The molecule has 0 aliphatic carbocycles. The van der Waals surface area contributed by atoms with Gasteiger partial charge in [0.2, 0.25) is 0 Å². The molecule has 5 nitrogen and oxygen atoms in total. The number of nitrogens with zero attached hydrogens (tertiary/aromatic N) is 1. The van der Waals surface area contributed by atoms with Gasteiger partial charge < -0.3 is 14.5 Å². The van der Waals surface area contributed by atoms with Crippen LogP contribution in [0.1, 0.15) is 68.6 Å². The second-order valence-corrected chi connectivity index (χ2v) is 9.89. The Bertz CT molecular complexity index is 995. The number of nitrogens with one attached hydrogen (secondary N) is 1. The molecule has 1 fully saturated rings. The van der Waals surface area contributed by atoms with Gasteiger partial charge in [0.1, 0.15) is 12.3 Å². The fourth-order valence-electron chi connectivity index (χ4n) is 5.23. The van der Waals surface area contributed by atoms with Crippen molar-refractivity contribution in [1.29, 1.82) is 0 Å². The second-order valence-electron chi connectivity index (χ2n) is 9.89. The summed E-state index contributed by atoms with van der Waals surface area (Å²) in [5, 5.41) is 3.29. The van der Waals surface area contributed by atoms with Crippen LogP contribution in [-0.4, -0.2) is 35.5 Å². The Balaban J connectivity index is 1.80. The molecule has 1 aliphatic heterocycles. The van der Waals surface area contributed by atoms with Crippen molar-refractivity contribution in [2.24, 2.45) is 0 Å². The predicted octanol–water partition coefficient (Wildman–Crippen LogP) is 6.48. The van der Waals surface area contributed by atoms with Gasteiger partial charge in [0.25, 0.3) is 5.91 Å². The van der Waals surface area contributed by atoms with E-state index in [1.54, 1.807) is 6.08 Å². The Morgan fingerprint density at radius 3 is 2.49 bits per heavy atom. The number of hydrogen-bond acceptors (Lipinski definition) is 3.